The van der Waals surface area contributed by atoms with E-state index < -0.39 is 0 Å². The molecule has 0 aromatic carbocycles. The van der Waals surface area contributed by atoms with Crippen LogP contribution in [0.5, 0.6) is 0 Å². The highest BCUT2D eigenvalue weighted by atomic mass is 15.3. The van der Waals surface area contributed by atoms with Gasteiger partial charge in [0.1, 0.15) is 0 Å². The van der Waals surface area contributed by atoms with Crippen LogP contribution < -0.4 is 10.6 Å². The van der Waals surface area contributed by atoms with E-state index in [-0.39, 0.29) is 0 Å². The second-order valence-corrected chi connectivity index (χ2v) is 3.66. The van der Waals surface area contributed by atoms with E-state index in [1.165, 1.54) is 5.69 Å². The lowest BCUT2D eigenvalue weighted by Crippen LogP contribution is -2.49. The zero-order valence-corrected chi connectivity index (χ0v) is 8.12. The third-order valence-corrected chi connectivity index (χ3v) is 2.50. The summed E-state index contributed by atoms with van der Waals surface area (Å²) in [4.78, 5) is 0. The molecule has 1 aliphatic heterocycles. The molecule has 4 nitrogen and oxygen atoms in total. The van der Waals surface area contributed by atoms with E-state index in [0.717, 1.165) is 13.1 Å². The molecule has 0 spiro atoms. The van der Waals surface area contributed by atoms with Gasteiger partial charge in [0.25, 0.3) is 0 Å². The van der Waals surface area contributed by atoms with Crippen molar-refractivity contribution in [2.75, 3.05) is 13.1 Å². The topological polar surface area (TPSA) is 41.9 Å². The number of aryl methyl sites for hydroxylation is 1. The highest BCUT2D eigenvalue weighted by Gasteiger charge is 2.20. The maximum absolute atomic E-state index is 4.17. The minimum atomic E-state index is 0.399. The molecule has 72 valence electrons. The number of piperazine rings is 1. The van der Waals surface area contributed by atoms with Gasteiger partial charge in [0.15, 0.2) is 0 Å². The molecular formula is C9H16N4. The Morgan fingerprint density at radius 1 is 1.54 bits per heavy atom. The third-order valence-electron chi connectivity index (χ3n) is 2.50. The van der Waals surface area contributed by atoms with Gasteiger partial charge in [-0.15, -0.1) is 0 Å². The fraction of sp³-hybridized carbons (Fsp3) is 0.667. The van der Waals surface area contributed by atoms with Gasteiger partial charge < -0.3 is 10.6 Å². The molecule has 1 saturated heterocycles. The van der Waals surface area contributed by atoms with Crippen LogP contribution in [-0.2, 0) is 7.05 Å². The first-order valence-corrected chi connectivity index (χ1v) is 4.72. The van der Waals surface area contributed by atoms with E-state index in [0.29, 0.717) is 12.1 Å². The maximum Gasteiger partial charge on any atom is 0.0621 e. The molecular weight excluding hydrogens is 164 g/mol. The van der Waals surface area contributed by atoms with Crippen molar-refractivity contribution in [1.82, 2.24) is 20.4 Å². The molecule has 1 aromatic heterocycles. The fourth-order valence-corrected chi connectivity index (χ4v) is 1.82. The Morgan fingerprint density at radius 3 is 3.00 bits per heavy atom. The highest BCUT2D eigenvalue weighted by molar-refractivity contribution is 5.08. The van der Waals surface area contributed by atoms with Crippen LogP contribution in [0.3, 0.4) is 0 Å². The van der Waals surface area contributed by atoms with Crippen molar-refractivity contribution in [3.8, 4) is 0 Å². The Hall–Kier alpha value is -0.870. The van der Waals surface area contributed by atoms with Gasteiger partial charge in [0.2, 0.25) is 0 Å². The first kappa shape index (κ1) is 8.72. The van der Waals surface area contributed by atoms with E-state index in [2.05, 4.69) is 28.7 Å². The number of hydrogen-bond donors (Lipinski definition) is 2. The van der Waals surface area contributed by atoms with Crippen LogP contribution in [0.1, 0.15) is 18.7 Å². The van der Waals surface area contributed by atoms with Crippen molar-refractivity contribution in [1.29, 1.82) is 0 Å². The highest BCUT2D eigenvalue weighted by Crippen LogP contribution is 2.13. The van der Waals surface area contributed by atoms with Crippen molar-refractivity contribution in [2.45, 2.75) is 19.0 Å². The van der Waals surface area contributed by atoms with Crippen LogP contribution in [0.2, 0.25) is 0 Å². The van der Waals surface area contributed by atoms with Crippen molar-refractivity contribution in [3.63, 3.8) is 0 Å². The summed E-state index contributed by atoms with van der Waals surface area (Å²) in [5.41, 5.74) is 1.25. The SMILES string of the molecule is CC1CNCC(c2ccnn2C)N1. The van der Waals surface area contributed by atoms with Gasteiger partial charge in [0.05, 0.1) is 11.7 Å². The predicted molar refractivity (Wildman–Crippen MR) is 51.4 cm³/mol. The Kier molecular flexibility index (Phi) is 2.33. The maximum atomic E-state index is 4.17. The minimum absolute atomic E-state index is 0.399. The molecule has 1 aliphatic rings. The van der Waals surface area contributed by atoms with Crippen molar-refractivity contribution >= 4 is 0 Å². The molecule has 2 atom stereocenters. The molecule has 2 N–H and O–H groups in total. The molecule has 0 amide bonds. The number of hydrogen-bond acceptors (Lipinski definition) is 3. The number of nitrogens with zero attached hydrogens (tertiary/aromatic N) is 2. The average Bonchev–Trinajstić information content (AvgIpc) is 2.51. The number of rotatable bonds is 1. The van der Waals surface area contributed by atoms with Gasteiger partial charge in [-0.25, -0.2) is 0 Å². The molecule has 4 heteroatoms. The van der Waals surface area contributed by atoms with E-state index in [4.69, 9.17) is 0 Å². The smallest absolute Gasteiger partial charge is 0.0621 e. The lowest BCUT2D eigenvalue weighted by molar-refractivity contribution is 0.347. The van der Waals surface area contributed by atoms with Crippen LogP contribution in [0, 0.1) is 0 Å². The van der Waals surface area contributed by atoms with Crippen LogP contribution in [0.25, 0.3) is 0 Å². The largest absolute Gasteiger partial charge is 0.313 e. The second-order valence-electron chi connectivity index (χ2n) is 3.66. The van der Waals surface area contributed by atoms with Crippen LogP contribution in [0.15, 0.2) is 12.3 Å². The summed E-state index contributed by atoms with van der Waals surface area (Å²) >= 11 is 0. The fourth-order valence-electron chi connectivity index (χ4n) is 1.82. The summed E-state index contributed by atoms with van der Waals surface area (Å²) in [6, 6.07) is 3.00. The summed E-state index contributed by atoms with van der Waals surface area (Å²) < 4.78 is 1.93. The monoisotopic (exact) mass is 180 g/mol. The summed E-state index contributed by atoms with van der Waals surface area (Å²) in [6.45, 7) is 4.23. The van der Waals surface area contributed by atoms with Crippen molar-refractivity contribution < 1.29 is 0 Å². The summed E-state index contributed by atoms with van der Waals surface area (Å²) in [7, 11) is 1.98. The molecule has 1 aromatic rings. The van der Waals surface area contributed by atoms with Gasteiger partial charge in [-0.1, -0.05) is 0 Å². The summed E-state index contributed by atoms with van der Waals surface area (Å²) in [5, 5.41) is 11.1. The van der Waals surface area contributed by atoms with E-state index in [1.807, 2.05) is 17.9 Å². The molecule has 0 bridgehead atoms. The summed E-state index contributed by atoms with van der Waals surface area (Å²) in [5.74, 6) is 0. The molecule has 1 fully saturated rings. The van der Waals surface area contributed by atoms with Crippen LogP contribution >= 0.6 is 0 Å². The molecule has 2 unspecified atom stereocenters. The molecule has 0 aliphatic carbocycles. The van der Waals surface area contributed by atoms with E-state index in [1.54, 1.807) is 0 Å². The third kappa shape index (κ3) is 1.73. The quantitative estimate of drug-likeness (QED) is 0.641. The Balaban J connectivity index is 2.12. The molecule has 0 radical (unpaired) electrons. The standard InChI is InChI=1S/C9H16N4/c1-7-5-10-6-8(12-7)9-3-4-11-13(9)2/h3-4,7-8,10,12H,5-6H2,1-2H3. The minimum Gasteiger partial charge on any atom is -0.313 e. The van der Waals surface area contributed by atoms with Gasteiger partial charge in [-0.05, 0) is 13.0 Å². The number of aromatic nitrogens is 2. The average molecular weight is 180 g/mol. The first-order chi connectivity index (χ1) is 6.27. The molecule has 2 rings (SSSR count). The lowest BCUT2D eigenvalue weighted by Gasteiger charge is -2.29. The molecule has 13 heavy (non-hydrogen) atoms. The van der Waals surface area contributed by atoms with E-state index in [9.17, 15) is 0 Å². The Morgan fingerprint density at radius 2 is 2.38 bits per heavy atom. The van der Waals surface area contributed by atoms with Gasteiger partial charge in [0, 0.05) is 32.4 Å². The molecule has 0 saturated carbocycles. The van der Waals surface area contributed by atoms with E-state index >= 15 is 0 Å². The van der Waals surface area contributed by atoms with Gasteiger partial charge >= 0.3 is 0 Å². The number of nitrogens with one attached hydrogen (secondary N) is 2. The van der Waals surface area contributed by atoms with Crippen LogP contribution in [-0.4, -0.2) is 28.9 Å². The Bertz CT molecular complexity index is 281. The normalized spacial score (nSPS) is 29.1. The predicted octanol–water partition coefficient (Wildman–Crippen LogP) is 0.0425. The summed E-state index contributed by atoms with van der Waals surface area (Å²) in [6.07, 6.45) is 1.84. The zero-order chi connectivity index (χ0) is 9.26. The first-order valence-electron chi connectivity index (χ1n) is 4.72. The van der Waals surface area contributed by atoms with Crippen molar-refractivity contribution in [2.24, 2.45) is 7.05 Å². The lowest BCUT2D eigenvalue weighted by atomic mass is 10.1. The molecule has 2 heterocycles. The Labute approximate surface area is 78.3 Å². The van der Waals surface area contributed by atoms with Gasteiger partial charge in [-0.3, -0.25) is 4.68 Å². The van der Waals surface area contributed by atoms with Crippen LogP contribution in [0.4, 0.5) is 0 Å². The van der Waals surface area contributed by atoms with Gasteiger partial charge in [-0.2, -0.15) is 5.10 Å². The van der Waals surface area contributed by atoms with Crippen molar-refractivity contribution in [3.05, 3.63) is 18.0 Å². The second kappa shape index (κ2) is 3.47. The zero-order valence-electron chi connectivity index (χ0n) is 8.12.